The predicted octanol–water partition coefficient (Wildman–Crippen LogP) is 5.67. The molecule has 4 rings (SSSR count). The zero-order valence-corrected chi connectivity index (χ0v) is 16.9. The van der Waals surface area contributed by atoms with Crippen molar-refractivity contribution in [2.24, 2.45) is 0 Å². The molecule has 2 aromatic carbocycles. The molecule has 1 fully saturated rings. The molecule has 1 aliphatic heterocycles. The van der Waals surface area contributed by atoms with Crippen LogP contribution in [0.4, 0.5) is 0 Å². The highest BCUT2D eigenvalue weighted by molar-refractivity contribution is 6.32. The molecule has 0 unspecified atom stereocenters. The number of aryl methyl sites for hydroxylation is 1. The van der Waals surface area contributed by atoms with Crippen molar-refractivity contribution in [1.82, 2.24) is 9.47 Å². The summed E-state index contributed by atoms with van der Waals surface area (Å²) >= 11 is 6.43. The lowest BCUT2D eigenvalue weighted by molar-refractivity contribution is 0.0686. The SMILES string of the molecule is Cc1cc2c(CN3CCCCCC3)c(C(=O)O)n(-c3ccccc3)c2cc1Cl. The minimum Gasteiger partial charge on any atom is -0.477 e. The summed E-state index contributed by atoms with van der Waals surface area (Å²) in [5.74, 6) is -0.904. The molecule has 5 heteroatoms. The fraction of sp³-hybridized carbons (Fsp3) is 0.348. The van der Waals surface area contributed by atoms with Crippen LogP contribution in [0.25, 0.3) is 16.6 Å². The minimum absolute atomic E-state index is 0.340. The second-order valence-corrected chi connectivity index (χ2v) is 8.02. The number of nitrogens with zero attached hydrogens (tertiary/aromatic N) is 2. The summed E-state index contributed by atoms with van der Waals surface area (Å²) in [6, 6.07) is 13.6. The molecule has 28 heavy (non-hydrogen) atoms. The van der Waals surface area contributed by atoms with E-state index in [1.807, 2.05) is 54.0 Å². The van der Waals surface area contributed by atoms with Crippen LogP contribution in [0.2, 0.25) is 5.02 Å². The maximum atomic E-state index is 12.4. The number of para-hydroxylation sites is 1. The molecule has 2 heterocycles. The first-order valence-electron chi connectivity index (χ1n) is 9.91. The number of benzene rings is 2. The van der Waals surface area contributed by atoms with E-state index in [9.17, 15) is 9.90 Å². The number of aromatic carboxylic acids is 1. The number of carbonyl (C=O) groups is 1. The summed E-state index contributed by atoms with van der Waals surface area (Å²) in [5, 5.41) is 11.8. The average Bonchev–Trinajstić information content (AvgIpc) is 2.83. The molecule has 146 valence electrons. The Labute approximate surface area is 170 Å². The normalized spacial score (nSPS) is 15.6. The molecule has 0 atom stereocenters. The van der Waals surface area contributed by atoms with Gasteiger partial charge in [-0.15, -0.1) is 0 Å². The van der Waals surface area contributed by atoms with Crippen LogP contribution in [0, 0.1) is 6.92 Å². The lowest BCUT2D eigenvalue weighted by Crippen LogP contribution is -2.25. The van der Waals surface area contributed by atoms with E-state index in [0.29, 0.717) is 17.3 Å². The summed E-state index contributed by atoms with van der Waals surface area (Å²) in [7, 11) is 0. The predicted molar refractivity (Wildman–Crippen MR) is 114 cm³/mol. The van der Waals surface area contributed by atoms with Crippen molar-refractivity contribution in [1.29, 1.82) is 0 Å². The van der Waals surface area contributed by atoms with E-state index in [1.165, 1.54) is 25.7 Å². The van der Waals surface area contributed by atoms with Gasteiger partial charge in [-0.25, -0.2) is 4.79 Å². The van der Waals surface area contributed by atoms with E-state index in [0.717, 1.165) is 40.8 Å². The highest BCUT2D eigenvalue weighted by atomic mass is 35.5. The van der Waals surface area contributed by atoms with Crippen LogP contribution in [0.5, 0.6) is 0 Å². The van der Waals surface area contributed by atoms with Crippen LogP contribution in [0.1, 0.15) is 47.3 Å². The third-order valence-corrected chi connectivity index (χ3v) is 6.06. The fourth-order valence-electron chi connectivity index (χ4n) is 4.23. The lowest BCUT2D eigenvalue weighted by atomic mass is 10.1. The molecule has 1 saturated heterocycles. The Morgan fingerprint density at radius 1 is 1.07 bits per heavy atom. The first-order valence-corrected chi connectivity index (χ1v) is 10.3. The first kappa shape index (κ1) is 19.0. The van der Waals surface area contributed by atoms with Gasteiger partial charge in [0.2, 0.25) is 0 Å². The fourth-order valence-corrected chi connectivity index (χ4v) is 4.39. The van der Waals surface area contributed by atoms with Crippen molar-refractivity contribution >= 4 is 28.5 Å². The molecule has 4 nitrogen and oxygen atoms in total. The van der Waals surface area contributed by atoms with Crippen LogP contribution >= 0.6 is 11.6 Å². The van der Waals surface area contributed by atoms with Gasteiger partial charge in [0.15, 0.2) is 0 Å². The molecule has 0 bridgehead atoms. The summed E-state index contributed by atoms with van der Waals surface area (Å²) in [6.45, 7) is 4.66. The number of carboxylic acid groups (broad SMARTS) is 1. The quantitative estimate of drug-likeness (QED) is 0.618. The van der Waals surface area contributed by atoms with Gasteiger partial charge in [-0.2, -0.15) is 0 Å². The standard InChI is InChI=1S/C23H25ClN2O2/c1-16-13-18-19(15-25-11-7-2-3-8-12-25)22(23(27)28)26(21(18)14-20(16)24)17-9-5-4-6-10-17/h4-6,9-10,13-14H,2-3,7-8,11-12,15H2,1H3,(H,27,28). The number of halogens is 1. The number of hydrogen-bond acceptors (Lipinski definition) is 2. The van der Waals surface area contributed by atoms with Crippen molar-refractivity contribution in [2.45, 2.75) is 39.2 Å². The van der Waals surface area contributed by atoms with Gasteiger partial charge in [-0.05, 0) is 62.7 Å². The van der Waals surface area contributed by atoms with E-state index in [-0.39, 0.29) is 0 Å². The Morgan fingerprint density at radius 3 is 2.39 bits per heavy atom. The third-order valence-electron chi connectivity index (χ3n) is 5.65. The molecule has 3 aromatic rings. The molecular formula is C23H25ClN2O2. The van der Waals surface area contributed by atoms with Crippen molar-refractivity contribution in [3.05, 3.63) is 64.3 Å². The number of likely N-dealkylation sites (tertiary alicyclic amines) is 1. The monoisotopic (exact) mass is 396 g/mol. The molecule has 0 aliphatic carbocycles. The summed E-state index contributed by atoms with van der Waals surface area (Å²) in [5.41, 5.74) is 3.88. The number of carboxylic acids is 1. The second kappa shape index (κ2) is 7.98. The topological polar surface area (TPSA) is 45.5 Å². The maximum absolute atomic E-state index is 12.4. The Bertz CT molecular complexity index is 1000. The number of fused-ring (bicyclic) bond motifs is 1. The largest absolute Gasteiger partial charge is 0.477 e. The Morgan fingerprint density at radius 2 is 1.75 bits per heavy atom. The lowest BCUT2D eigenvalue weighted by Gasteiger charge is -2.20. The van der Waals surface area contributed by atoms with Crippen molar-refractivity contribution in [3.63, 3.8) is 0 Å². The number of aromatic nitrogens is 1. The summed E-state index contributed by atoms with van der Waals surface area (Å²) < 4.78 is 1.84. The minimum atomic E-state index is -0.904. The van der Waals surface area contributed by atoms with E-state index >= 15 is 0 Å². The molecule has 0 radical (unpaired) electrons. The van der Waals surface area contributed by atoms with Crippen LogP contribution in [-0.4, -0.2) is 33.6 Å². The second-order valence-electron chi connectivity index (χ2n) is 7.61. The highest BCUT2D eigenvalue weighted by Crippen LogP contribution is 2.34. The van der Waals surface area contributed by atoms with E-state index in [4.69, 9.17) is 11.6 Å². The van der Waals surface area contributed by atoms with Crippen molar-refractivity contribution < 1.29 is 9.90 Å². The van der Waals surface area contributed by atoms with Crippen molar-refractivity contribution in [3.8, 4) is 5.69 Å². The number of rotatable bonds is 4. The van der Waals surface area contributed by atoms with Gasteiger partial charge in [-0.1, -0.05) is 42.6 Å². The average molecular weight is 397 g/mol. The maximum Gasteiger partial charge on any atom is 0.353 e. The van der Waals surface area contributed by atoms with E-state index in [2.05, 4.69) is 4.90 Å². The number of hydrogen-bond donors (Lipinski definition) is 1. The Balaban J connectivity index is 1.95. The molecular weight excluding hydrogens is 372 g/mol. The van der Waals surface area contributed by atoms with E-state index in [1.54, 1.807) is 0 Å². The van der Waals surface area contributed by atoms with Gasteiger partial charge >= 0.3 is 5.97 Å². The Hall–Kier alpha value is -2.30. The molecule has 1 N–H and O–H groups in total. The van der Waals surface area contributed by atoms with Gasteiger partial charge in [0.05, 0.1) is 5.52 Å². The van der Waals surface area contributed by atoms with Crippen LogP contribution in [0.15, 0.2) is 42.5 Å². The smallest absolute Gasteiger partial charge is 0.353 e. The highest BCUT2D eigenvalue weighted by Gasteiger charge is 2.25. The van der Waals surface area contributed by atoms with Crippen LogP contribution in [-0.2, 0) is 6.54 Å². The molecule has 0 spiro atoms. The molecule has 0 saturated carbocycles. The van der Waals surface area contributed by atoms with Gasteiger partial charge < -0.3 is 9.67 Å². The molecule has 1 aliphatic rings. The molecule has 0 amide bonds. The molecule has 1 aromatic heterocycles. The van der Waals surface area contributed by atoms with Gasteiger partial charge in [0, 0.05) is 28.2 Å². The third kappa shape index (κ3) is 3.54. The zero-order valence-electron chi connectivity index (χ0n) is 16.1. The van der Waals surface area contributed by atoms with E-state index < -0.39 is 5.97 Å². The van der Waals surface area contributed by atoms with Gasteiger partial charge in [0.25, 0.3) is 0 Å². The van der Waals surface area contributed by atoms with Crippen LogP contribution in [0.3, 0.4) is 0 Å². The Kier molecular flexibility index (Phi) is 5.42. The van der Waals surface area contributed by atoms with Gasteiger partial charge in [0.1, 0.15) is 5.69 Å². The van der Waals surface area contributed by atoms with Gasteiger partial charge in [-0.3, -0.25) is 4.90 Å². The summed E-state index contributed by atoms with van der Waals surface area (Å²) in [4.78, 5) is 14.8. The summed E-state index contributed by atoms with van der Waals surface area (Å²) in [6.07, 6.45) is 4.85. The van der Waals surface area contributed by atoms with Crippen molar-refractivity contribution in [2.75, 3.05) is 13.1 Å². The first-order chi connectivity index (χ1) is 13.6. The zero-order chi connectivity index (χ0) is 19.7. The van der Waals surface area contributed by atoms with Crippen LogP contribution < -0.4 is 0 Å².